The molecule has 0 radical (unpaired) electrons. The fraction of sp³-hybridized carbons (Fsp3) is 0.429. The summed E-state index contributed by atoms with van der Waals surface area (Å²) in [6, 6.07) is 3.53. The smallest absolute Gasteiger partial charge is 0.304 e. The van der Waals surface area contributed by atoms with E-state index in [4.69, 9.17) is 5.11 Å². The van der Waals surface area contributed by atoms with Crippen molar-refractivity contribution < 1.29 is 23.5 Å². The molecule has 21 heavy (non-hydrogen) atoms. The molecule has 2 rings (SSSR count). The van der Waals surface area contributed by atoms with E-state index in [1.807, 2.05) is 4.90 Å². The lowest BCUT2D eigenvalue weighted by atomic mass is 10.1. The van der Waals surface area contributed by atoms with Crippen molar-refractivity contribution in [3.05, 3.63) is 35.4 Å². The van der Waals surface area contributed by atoms with Gasteiger partial charge in [-0.15, -0.1) is 0 Å². The number of hydrogen-bond donors (Lipinski definition) is 1. The Hall–Kier alpha value is -2.02. The fourth-order valence-corrected chi connectivity index (χ4v) is 2.27. The van der Waals surface area contributed by atoms with Crippen LogP contribution in [0.4, 0.5) is 8.78 Å². The topological polar surface area (TPSA) is 60.9 Å². The van der Waals surface area contributed by atoms with E-state index in [-0.39, 0.29) is 12.0 Å². The molecule has 1 saturated heterocycles. The van der Waals surface area contributed by atoms with E-state index >= 15 is 0 Å². The van der Waals surface area contributed by atoms with Gasteiger partial charge in [-0.05, 0) is 12.1 Å². The Kier molecular flexibility index (Phi) is 4.85. The number of carbonyl (C=O) groups is 2. The molecule has 1 amide bonds. The maximum absolute atomic E-state index is 13.6. The van der Waals surface area contributed by atoms with Crippen LogP contribution >= 0.6 is 0 Å². The zero-order valence-electron chi connectivity index (χ0n) is 11.4. The second-order valence-electron chi connectivity index (χ2n) is 4.88. The Morgan fingerprint density at radius 2 is 1.81 bits per heavy atom. The van der Waals surface area contributed by atoms with Crippen LogP contribution in [0.1, 0.15) is 16.8 Å². The highest BCUT2D eigenvalue weighted by atomic mass is 19.2. The lowest BCUT2D eigenvalue weighted by Crippen LogP contribution is -2.49. The molecule has 0 aliphatic carbocycles. The highest BCUT2D eigenvalue weighted by Gasteiger charge is 2.25. The monoisotopic (exact) mass is 298 g/mol. The van der Waals surface area contributed by atoms with Crippen molar-refractivity contribution in [2.24, 2.45) is 0 Å². The van der Waals surface area contributed by atoms with Gasteiger partial charge in [0.15, 0.2) is 11.6 Å². The van der Waals surface area contributed by atoms with Crippen LogP contribution in [0.5, 0.6) is 0 Å². The third-order valence-electron chi connectivity index (χ3n) is 3.48. The van der Waals surface area contributed by atoms with Crippen molar-refractivity contribution in [3.8, 4) is 0 Å². The molecule has 0 bridgehead atoms. The van der Waals surface area contributed by atoms with E-state index in [1.54, 1.807) is 0 Å². The maximum Gasteiger partial charge on any atom is 0.304 e. The van der Waals surface area contributed by atoms with Gasteiger partial charge < -0.3 is 10.0 Å². The molecule has 1 heterocycles. The van der Waals surface area contributed by atoms with Crippen LogP contribution in [-0.2, 0) is 4.79 Å². The molecule has 0 saturated carbocycles. The van der Waals surface area contributed by atoms with E-state index in [0.29, 0.717) is 32.7 Å². The summed E-state index contributed by atoms with van der Waals surface area (Å²) >= 11 is 0. The van der Waals surface area contributed by atoms with Gasteiger partial charge in [0, 0.05) is 32.7 Å². The van der Waals surface area contributed by atoms with Crippen molar-refractivity contribution >= 4 is 11.9 Å². The first-order valence-corrected chi connectivity index (χ1v) is 6.66. The molecule has 0 unspecified atom stereocenters. The zero-order chi connectivity index (χ0) is 15.4. The number of carboxylic acid groups (broad SMARTS) is 1. The van der Waals surface area contributed by atoms with Crippen molar-refractivity contribution in [3.63, 3.8) is 0 Å². The summed E-state index contributed by atoms with van der Waals surface area (Å²) in [5.41, 5.74) is -0.269. The van der Waals surface area contributed by atoms with Crippen LogP contribution in [0.15, 0.2) is 18.2 Å². The minimum atomic E-state index is -1.13. The molecule has 1 aliphatic heterocycles. The van der Waals surface area contributed by atoms with Crippen LogP contribution in [0.3, 0.4) is 0 Å². The molecule has 1 aliphatic rings. The van der Waals surface area contributed by atoms with Gasteiger partial charge in [-0.3, -0.25) is 14.5 Å². The minimum absolute atomic E-state index is 0.0481. The number of halogens is 2. The van der Waals surface area contributed by atoms with Crippen molar-refractivity contribution in [2.75, 3.05) is 32.7 Å². The largest absolute Gasteiger partial charge is 0.481 e. The standard InChI is InChI=1S/C14H16F2N2O3/c15-11-3-1-2-10(13(11)16)14(21)18-8-6-17(7-9-18)5-4-12(19)20/h1-3H,4-9H2,(H,19,20). The third kappa shape index (κ3) is 3.75. The van der Waals surface area contributed by atoms with E-state index in [0.717, 1.165) is 6.07 Å². The fourth-order valence-electron chi connectivity index (χ4n) is 2.27. The normalized spacial score (nSPS) is 16.0. The van der Waals surface area contributed by atoms with E-state index in [9.17, 15) is 18.4 Å². The van der Waals surface area contributed by atoms with Crippen LogP contribution < -0.4 is 0 Å². The predicted octanol–water partition coefficient (Wildman–Crippen LogP) is 1.20. The average Bonchev–Trinajstić information content (AvgIpc) is 2.48. The molecular weight excluding hydrogens is 282 g/mol. The Bertz CT molecular complexity index is 543. The molecule has 7 heteroatoms. The number of benzene rings is 1. The molecule has 1 aromatic carbocycles. The number of amides is 1. The molecule has 1 fully saturated rings. The van der Waals surface area contributed by atoms with Crippen LogP contribution in [0.2, 0.25) is 0 Å². The molecule has 0 atom stereocenters. The van der Waals surface area contributed by atoms with Crippen molar-refractivity contribution in [2.45, 2.75) is 6.42 Å². The van der Waals surface area contributed by atoms with Crippen molar-refractivity contribution in [1.29, 1.82) is 0 Å². The van der Waals surface area contributed by atoms with Crippen molar-refractivity contribution in [1.82, 2.24) is 9.80 Å². The molecular formula is C14H16F2N2O3. The number of hydrogen-bond acceptors (Lipinski definition) is 3. The van der Waals surface area contributed by atoms with Gasteiger partial charge in [-0.1, -0.05) is 6.07 Å². The highest BCUT2D eigenvalue weighted by molar-refractivity contribution is 5.94. The van der Waals surface area contributed by atoms with Crippen LogP contribution in [-0.4, -0.2) is 59.5 Å². The highest BCUT2D eigenvalue weighted by Crippen LogP contribution is 2.15. The third-order valence-corrected chi connectivity index (χ3v) is 3.48. The second-order valence-corrected chi connectivity index (χ2v) is 4.88. The predicted molar refractivity (Wildman–Crippen MR) is 71.0 cm³/mol. The Morgan fingerprint density at radius 3 is 2.43 bits per heavy atom. The summed E-state index contributed by atoms with van der Waals surface area (Å²) in [6.07, 6.45) is 0.0481. The van der Waals surface area contributed by atoms with Gasteiger partial charge in [-0.25, -0.2) is 8.78 Å². The number of carbonyl (C=O) groups excluding carboxylic acids is 1. The lowest BCUT2D eigenvalue weighted by molar-refractivity contribution is -0.137. The zero-order valence-corrected chi connectivity index (χ0v) is 11.4. The van der Waals surface area contributed by atoms with Gasteiger partial charge in [0.2, 0.25) is 0 Å². The summed E-state index contributed by atoms with van der Waals surface area (Å²) in [6.45, 7) is 2.21. The summed E-state index contributed by atoms with van der Waals surface area (Å²) in [5.74, 6) is -3.57. The lowest BCUT2D eigenvalue weighted by Gasteiger charge is -2.34. The summed E-state index contributed by atoms with van der Waals surface area (Å²) in [5, 5.41) is 8.62. The van der Waals surface area contributed by atoms with Gasteiger partial charge in [-0.2, -0.15) is 0 Å². The first-order valence-electron chi connectivity index (χ1n) is 6.66. The summed E-state index contributed by atoms with van der Waals surface area (Å²) in [7, 11) is 0. The minimum Gasteiger partial charge on any atom is -0.481 e. The first kappa shape index (κ1) is 15.4. The Balaban J connectivity index is 1.94. The molecule has 1 N–H and O–H groups in total. The number of nitrogens with zero attached hydrogens (tertiary/aromatic N) is 2. The SMILES string of the molecule is O=C(O)CCN1CCN(C(=O)c2cccc(F)c2F)CC1. The van der Waals surface area contributed by atoms with E-state index < -0.39 is 23.5 Å². The number of carboxylic acids is 1. The molecule has 1 aromatic rings. The Morgan fingerprint density at radius 1 is 1.14 bits per heavy atom. The average molecular weight is 298 g/mol. The Labute approximate surface area is 120 Å². The van der Waals surface area contributed by atoms with Gasteiger partial charge in [0.25, 0.3) is 5.91 Å². The molecule has 0 spiro atoms. The molecule has 0 aromatic heterocycles. The van der Waals surface area contributed by atoms with Gasteiger partial charge in [0.05, 0.1) is 12.0 Å². The summed E-state index contributed by atoms with van der Waals surface area (Å²) in [4.78, 5) is 26.0. The quantitative estimate of drug-likeness (QED) is 0.907. The van der Waals surface area contributed by atoms with Gasteiger partial charge >= 0.3 is 5.97 Å². The van der Waals surface area contributed by atoms with Crippen LogP contribution in [0, 0.1) is 11.6 Å². The van der Waals surface area contributed by atoms with E-state index in [1.165, 1.54) is 17.0 Å². The maximum atomic E-state index is 13.6. The van der Waals surface area contributed by atoms with E-state index in [2.05, 4.69) is 0 Å². The molecule has 114 valence electrons. The van der Waals surface area contributed by atoms with Crippen LogP contribution in [0.25, 0.3) is 0 Å². The second kappa shape index (κ2) is 6.62. The number of piperazine rings is 1. The molecule has 5 nitrogen and oxygen atoms in total. The number of rotatable bonds is 4. The van der Waals surface area contributed by atoms with Gasteiger partial charge in [0.1, 0.15) is 0 Å². The first-order chi connectivity index (χ1) is 9.99. The number of aliphatic carboxylic acids is 1. The summed E-state index contributed by atoms with van der Waals surface area (Å²) < 4.78 is 26.7.